The number of halogens is 1. The van der Waals surface area contributed by atoms with Gasteiger partial charge in [0.2, 0.25) is 0 Å². The summed E-state index contributed by atoms with van der Waals surface area (Å²) in [5.74, 6) is 1.55. The molecule has 0 bridgehead atoms. The summed E-state index contributed by atoms with van der Waals surface area (Å²) in [7, 11) is 0.972. The van der Waals surface area contributed by atoms with E-state index in [1.807, 2.05) is 27.8 Å². The minimum atomic E-state index is -0.840. The Balaban J connectivity index is 0.00000364. The standard InChI is InChI=1S/C19H37N3O3S.HI/c1-19(2,3)26(23)14-10-21-18(20-4)22-11-8-16(9-12-22)25-15-17-7-5-6-13-24-17;/h16-17H,5-15H2,1-4H3,(H,20,21);1H. The van der Waals surface area contributed by atoms with Crippen LogP contribution in [-0.4, -0.2) is 77.7 Å². The minimum Gasteiger partial charge on any atom is -0.376 e. The van der Waals surface area contributed by atoms with Gasteiger partial charge in [-0.25, -0.2) is 0 Å². The monoisotopic (exact) mass is 515 g/mol. The van der Waals surface area contributed by atoms with E-state index in [4.69, 9.17) is 9.47 Å². The highest BCUT2D eigenvalue weighted by molar-refractivity contribution is 14.0. The fraction of sp³-hybridized carbons (Fsp3) is 0.947. The Morgan fingerprint density at radius 3 is 2.52 bits per heavy atom. The van der Waals surface area contributed by atoms with Crippen molar-refractivity contribution in [3.05, 3.63) is 0 Å². The maximum atomic E-state index is 12.1. The van der Waals surface area contributed by atoms with E-state index in [-0.39, 0.29) is 28.7 Å². The Labute approximate surface area is 184 Å². The zero-order valence-corrected chi connectivity index (χ0v) is 20.5. The highest BCUT2D eigenvalue weighted by atomic mass is 127. The van der Waals surface area contributed by atoms with Crippen LogP contribution in [0.3, 0.4) is 0 Å². The third kappa shape index (κ3) is 8.95. The van der Waals surface area contributed by atoms with Crippen molar-refractivity contribution in [2.45, 2.75) is 69.8 Å². The van der Waals surface area contributed by atoms with Gasteiger partial charge in [-0.05, 0) is 52.9 Å². The number of rotatable bonds is 6. The van der Waals surface area contributed by atoms with Crippen molar-refractivity contribution < 1.29 is 13.7 Å². The fourth-order valence-electron chi connectivity index (χ4n) is 3.31. The predicted octanol–water partition coefficient (Wildman–Crippen LogP) is 2.78. The average Bonchev–Trinajstić information content (AvgIpc) is 2.64. The van der Waals surface area contributed by atoms with Crippen LogP contribution in [0.4, 0.5) is 0 Å². The first-order chi connectivity index (χ1) is 12.4. The molecule has 0 amide bonds. The molecule has 0 radical (unpaired) electrons. The SMILES string of the molecule is CN=C(NCCS(=O)C(C)(C)C)N1CCC(OCC2CCCCO2)CC1.I. The van der Waals surface area contributed by atoms with Gasteiger partial charge in [0, 0.05) is 54.6 Å². The first-order valence-corrected chi connectivity index (χ1v) is 11.3. The van der Waals surface area contributed by atoms with Crippen LogP contribution < -0.4 is 5.32 Å². The molecule has 0 aliphatic carbocycles. The number of nitrogens with zero attached hydrogens (tertiary/aromatic N) is 2. The van der Waals surface area contributed by atoms with Crippen LogP contribution in [0, 0.1) is 0 Å². The summed E-state index contributed by atoms with van der Waals surface area (Å²) in [4.78, 5) is 6.66. The van der Waals surface area contributed by atoms with E-state index in [0.717, 1.165) is 51.5 Å². The first kappa shape index (κ1) is 25.1. The molecule has 160 valence electrons. The molecule has 2 atom stereocenters. The van der Waals surface area contributed by atoms with Gasteiger partial charge in [0.1, 0.15) is 0 Å². The number of hydrogen-bond donors (Lipinski definition) is 1. The molecule has 2 unspecified atom stereocenters. The topological polar surface area (TPSA) is 63.2 Å². The molecule has 0 aromatic rings. The summed E-state index contributed by atoms with van der Waals surface area (Å²) in [5.41, 5.74) is 0. The summed E-state index contributed by atoms with van der Waals surface area (Å²) in [5, 5.41) is 3.36. The Morgan fingerprint density at radius 1 is 1.26 bits per heavy atom. The molecule has 2 rings (SSSR count). The van der Waals surface area contributed by atoms with E-state index in [0.29, 0.717) is 24.5 Å². The van der Waals surface area contributed by atoms with Crippen molar-refractivity contribution in [1.29, 1.82) is 0 Å². The van der Waals surface area contributed by atoms with Crippen LogP contribution in [0.5, 0.6) is 0 Å². The largest absolute Gasteiger partial charge is 0.376 e. The molecule has 1 N–H and O–H groups in total. The van der Waals surface area contributed by atoms with Crippen LogP contribution in [-0.2, 0) is 20.3 Å². The number of hydrogen-bond acceptors (Lipinski definition) is 4. The second-order valence-corrected chi connectivity index (χ2v) is 10.5. The third-order valence-electron chi connectivity index (χ3n) is 5.00. The molecular formula is C19H38IN3O3S. The maximum Gasteiger partial charge on any atom is 0.193 e. The molecular weight excluding hydrogens is 477 g/mol. The van der Waals surface area contributed by atoms with Crippen LogP contribution in [0.15, 0.2) is 4.99 Å². The smallest absolute Gasteiger partial charge is 0.193 e. The van der Waals surface area contributed by atoms with Gasteiger partial charge in [-0.3, -0.25) is 9.20 Å². The van der Waals surface area contributed by atoms with Crippen molar-refractivity contribution in [2.24, 2.45) is 4.99 Å². The lowest BCUT2D eigenvalue weighted by molar-refractivity contribution is -0.0721. The zero-order chi connectivity index (χ0) is 19.0. The van der Waals surface area contributed by atoms with Crippen molar-refractivity contribution in [3.63, 3.8) is 0 Å². The summed E-state index contributed by atoms with van der Waals surface area (Å²) < 4.78 is 23.8. The van der Waals surface area contributed by atoms with Crippen molar-refractivity contribution in [3.8, 4) is 0 Å². The Morgan fingerprint density at radius 2 is 1.96 bits per heavy atom. The van der Waals surface area contributed by atoms with E-state index in [2.05, 4.69) is 15.2 Å². The van der Waals surface area contributed by atoms with Gasteiger partial charge in [-0.1, -0.05) is 0 Å². The van der Waals surface area contributed by atoms with Crippen LogP contribution in [0.2, 0.25) is 0 Å². The summed E-state index contributed by atoms with van der Waals surface area (Å²) in [6, 6.07) is 0. The highest BCUT2D eigenvalue weighted by Gasteiger charge is 2.24. The van der Waals surface area contributed by atoms with Crippen molar-refractivity contribution >= 4 is 40.7 Å². The number of guanidine groups is 1. The van der Waals surface area contributed by atoms with E-state index in [9.17, 15) is 4.21 Å². The van der Waals surface area contributed by atoms with E-state index < -0.39 is 10.8 Å². The van der Waals surface area contributed by atoms with E-state index in [1.54, 1.807) is 0 Å². The second kappa shape index (κ2) is 12.6. The number of ether oxygens (including phenoxy) is 2. The maximum absolute atomic E-state index is 12.1. The molecule has 2 aliphatic heterocycles. The summed E-state index contributed by atoms with van der Waals surface area (Å²) >= 11 is 0. The normalized spacial score (nSPS) is 23.6. The van der Waals surface area contributed by atoms with Crippen LogP contribution in [0.1, 0.15) is 52.9 Å². The zero-order valence-electron chi connectivity index (χ0n) is 17.4. The molecule has 2 aliphatic rings. The molecule has 0 aromatic heterocycles. The Kier molecular flexibility index (Phi) is 11.7. The molecule has 0 spiro atoms. The third-order valence-corrected chi connectivity index (χ3v) is 6.94. The molecule has 0 aromatic carbocycles. The molecule has 27 heavy (non-hydrogen) atoms. The molecule has 2 fully saturated rings. The number of piperidine rings is 1. The van der Waals surface area contributed by atoms with Crippen molar-refractivity contribution in [1.82, 2.24) is 10.2 Å². The number of likely N-dealkylation sites (tertiary alicyclic amines) is 1. The highest BCUT2D eigenvalue weighted by Crippen LogP contribution is 2.18. The van der Waals surface area contributed by atoms with Gasteiger partial charge in [0.15, 0.2) is 5.96 Å². The molecule has 2 saturated heterocycles. The quantitative estimate of drug-likeness (QED) is 0.335. The van der Waals surface area contributed by atoms with Gasteiger partial charge >= 0.3 is 0 Å². The molecule has 8 heteroatoms. The van der Waals surface area contributed by atoms with Gasteiger partial charge in [0.25, 0.3) is 0 Å². The molecule has 6 nitrogen and oxygen atoms in total. The van der Waals surface area contributed by atoms with Crippen LogP contribution >= 0.6 is 24.0 Å². The van der Waals surface area contributed by atoms with Crippen LogP contribution in [0.25, 0.3) is 0 Å². The first-order valence-electron chi connectivity index (χ1n) is 9.97. The van der Waals surface area contributed by atoms with Gasteiger partial charge < -0.3 is 19.7 Å². The summed E-state index contributed by atoms with van der Waals surface area (Å²) in [6.07, 6.45) is 6.22. The lowest BCUT2D eigenvalue weighted by Crippen LogP contribution is -2.48. The lowest BCUT2D eigenvalue weighted by atomic mass is 10.1. The van der Waals surface area contributed by atoms with Crippen molar-refractivity contribution in [2.75, 3.05) is 45.6 Å². The Bertz CT molecular complexity index is 471. The molecule has 0 saturated carbocycles. The lowest BCUT2D eigenvalue weighted by Gasteiger charge is -2.35. The van der Waals surface area contributed by atoms with E-state index >= 15 is 0 Å². The second-order valence-electron chi connectivity index (χ2n) is 8.14. The minimum absolute atomic E-state index is 0. The number of nitrogens with one attached hydrogen (secondary N) is 1. The van der Waals surface area contributed by atoms with Gasteiger partial charge in [-0.15, -0.1) is 24.0 Å². The van der Waals surface area contributed by atoms with Gasteiger partial charge in [-0.2, -0.15) is 0 Å². The number of aliphatic imine (C=N–C) groups is 1. The molecule has 2 heterocycles. The summed E-state index contributed by atoms with van der Waals surface area (Å²) in [6.45, 7) is 10.2. The predicted molar refractivity (Wildman–Crippen MR) is 124 cm³/mol. The Hall–Kier alpha value is 0.0700. The van der Waals surface area contributed by atoms with Gasteiger partial charge in [0.05, 0.1) is 18.8 Å². The average molecular weight is 516 g/mol. The fourth-order valence-corrected chi connectivity index (χ4v) is 4.21. The van der Waals surface area contributed by atoms with E-state index in [1.165, 1.54) is 12.8 Å².